The third kappa shape index (κ3) is 6.92. The predicted molar refractivity (Wildman–Crippen MR) is 112 cm³/mol. The van der Waals surface area contributed by atoms with Crippen molar-refractivity contribution in [2.24, 2.45) is 0 Å². The summed E-state index contributed by atoms with van der Waals surface area (Å²) < 4.78 is 49.6. The highest BCUT2D eigenvalue weighted by atomic mass is 19.4. The van der Waals surface area contributed by atoms with Gasteiger partial charge in [-0.25, -0.2) is 14.8 Å². The van der Waals surface area contributed by atoms with Crippen LogP contribution in [0.2, 0.25) is 0 Å². The number of allylic oxidation sites excluding steroid dienone is 3. The largest absolute Gasteiger partial charge is 0.461 e. The molecule has 1 aromatic rings. The Kier molecular flexibility index (Phi) is 8.79. The molecule has 0 aromatic carbocycles. The van der Waals surface area contributed by atoms with Crippen molar-refractivity contribution in [2.45, 2.75) is 58.4 Å². The van der Waals surface area contributed by atoms with Crippen molar-refractivity contribution in [3.05, 3.63) is 53.5 Å². The molecule has 1 saturated heterocycles. The van der Waals surface area contributed by atoms with Crippen LogP contribution in [0.1, 0.15) is 49.2 Å². The van der Waals surface area contributed by atoms with Crippen molar-refractivity contribution >= 4 is 11.8 Å². The fraction of sp³-hybridized carbons (Fsp3) is 0.500. The van der Waals surface area contributed by atoms with E-state index < -0.39 is 17.7 Å². The standard InChI is InChI=1S/C22H28F3N3O3/c1-5-16(22(23,24)25)11-10-14(3)18-9-7-8-17(31-18)12-26-20-15(4)19(27-13-28-20)21(29)30-6-2/h5,10-11,13,17-18H,3,6-9,12H2,1-2,4H3,(H,26,27,28)/b11-10-,16-5+/t17-,18+/m0/s1. The summed E-state index contributed by atoms with van der Waals surface area (Å²) in [6.45, 7) is 9.35. The minimum absolute atomic E-state index is 0.173. The summed E-state index contributed by atoms with van der Waals surface area (Å²) in [5, 5.41) is 3.17. The van der Waals surface area contributed by atoms with Gasteiger partial charge >= 0.3 is 12.1 Å². The van der Waals surface area contributed by atoms with E-state index in [1.54, 1.807) is 13.8 Å². The number of ether oxygens (including phenoxy) is 2. The number of halogens is 3. The summed E-state index contributed by atoms with van der Waals surface area (Å²) in [4.78, 5) is 20.1. The van der Waals surface area contributed by atoms with Crippen LogP contribution >= 0.6 is 0 Å². The highest BCUT2D eigenvalue weighted by molar-refractivity contribution is 5.90. The molecule has 2 atom stereocenters. The van der Waals surface area contributed by atoms with Crippen molar-refractivity contribution < 1.29 is 27.4 Å². The summed E-state index contributed by atoms with van der Waals surface area (Å²) in [6, 6.07) is 0. The van der Waals surface area contributed by atoms with Crippen LogP contribution in [-0.4, -0.2) is 47.5 Å². The van der Waals surface area contributed by atoms with Crippen molar-refractivity contribution in [3.8, 4) is 0 Å². The molecule has 0 aliphatic carbocycles. The molecule has 1 N–H and O–H groups in total. The van der Waals surface area contributed by atoms with E-state index in [0.29, 0.717) is 29.9 Å². The number of carbonyl (C=O) groups excluding carboxylic acids is 1. The molecule has 6 nitrogen and oxygen atoms in total. The van der Waals surface area contributed by atoms with Gasteiger partial charge in [0.05, 0.1) is 24.4 Å². The number of rotatable bonds is 8. The molecule has 1 fully saturated rings. The number of nitrogens with zero attached hydrogens (tertiary/aromatic N) is 2. The Morgan fingerprint density at radius 3 is 2.74 bits per heavy atom. The number of alkyl halides is 3. The van der Waals surface area contributed by atoms with E-state index in [2.05, 4.69) is 21.9 Å². The maximum atomic E-state index is 12.9. The van der Waals surface area contributed by atoms with Gasteiger partial charge in [-0.1, -0.05) is 24.8 Å². The minimum Gasteiger partial charge on any atom is -0.461 e. The van der Waals surface area contributed by atoms with Gasteiger partial charge in [-0.05, 0) is 45.6 Å². The molecule has 0 spiro atoms. The average Bonchev–Trinajstić information content (AvgIpc) is 2.72. The van der Waals surface area contributed by atoms with Gasteiger partial charge in [0.25, 0.3) is 0 Å². The third-order valence-corrected chi connectivity index (χ3v) is 4.93. The van der Waals surface area contributed by atoms with Crippen LogP contribution < -0.4 is 5.32 Å². The van der Waals surface area contributed by atoms with Crippen molar-refractivity contribution in [3.63, 3.8) is 0 Å². The maximum absolute atomic E-state index is 12.9. The molecule has 31 heavy (non-hydrogen) atoms. The summed E-state index contributed by atoms with van der Waals surface area (Å²) in [5.74, 6) is -0.00715. The Morgan fingerprint density at radius 1 is 1.35 bits per heavy atom. The van der Waals surface area contributed by atoms with Gasteiger partial charge in [-0.15, -0.1) is 0 Å². The highest BCUT2D eigenvalue weighted by Gasteiger charge is 2.31. The molecule has 1 aliphatic heterocycles. The number of hydrogen-bond donors (Lipinski definition) is 1. The molecule has 170 valence electrons. The summed E-state index contributed by atoms with van der Waals surface area (Å²) in [5.41, 5.74) is 0.548. The van der Waals surface area contributed by atoms with Crippen LogP contribution in [0.15, 0.2) is 42.3 Å². The number of anilines is 1. The fourth-order valence-corrected chi connectivity index (χ4v) is 3.22. The smallest absolute Gasteiger partial charge is 0.416 e. The van der Waals surface area contributed by atoms with Crippen LogP contribution in [0, 0.1) is 6.92 Å². The van der Waals surface area contributed by atoms with Gasteiger partial charge in [-0.2, -0.15) is 13.2 Å². The van der Waals surface area contributed by atoms with Gasteiger partial charge in [0.2, 0.25) is 0 Å². The zero-order valence-electron chi connectivity index (χ0n) is 18.0. The number of nitrogens with one attached hydrogen (secondary N) is 1. The van der Waals surface area contributed by atoms with Crippen molar-refractivity contribution in [2.75, 3.05) is 18.5 Å². The number of carbonyl (C=O) groups is 1. The molecule has 0 radical (unpaired) electrons. The lowest BCUT2D eigenvalue weighted by Gasteiger charge is -2.31. The molecule has 0 saturated carbocycles. The van der Waals surface area contributed by atoms with E-state index in [4.69, 9.17) is 9.47 Å². The molecule has 0 unspecified atom stereocenters. The first-order valence-corrected chi connectivity index (χ1v) is 10.2. The molecule has 1 aromatic heterocycles. The van der Waals surface area contributed by atoms with Crippen LogP contribution in [0.5, 0.6) is 0 Å². The Hall–Kier alpha value is -2.68. The van der Waals surface area contributed by atoms with Crippen LogP contribution in [0.3, 0.4) is 0 Å². The Morgan fingerprint density at radius 2 is 2.10 bits per heavy atom. The van der Waals surface area contributed by atoms with E-state index in [0.717, 1.165) is 25.0 Å². The molecular weight excluding hydrogens is 411 g/mol. The lowest BCUT2D eigenvalue weighted by molar-refractivity contribution is -0.0883. The molecule has 0 bridgehead atoms. The quantitative estimate of drug-likeness (QED) is 0.457. The molecule has 2 rings (SSSR count). The van der Waals surface area contributed by atoms with Gasteiger partial charge in [0.1, 0.15) is 12.1 Å². The first kappa shape index (κ1) is 24.6. The number of hydrogen-bond acceptors (Lipinski definition) is 6. The summed E-state index contributed by atoms with van der Waals surface area (Å²) in [6.07, 6.45) is 2.11. The topological polar surface area (TPSA) is 73.3 Å². The second kappa shape index (κ2) is 11.1. The fourth-order valence-electron chi connectivity index (χ4n) is 3.22. The third-order valence-electron chi connectivity index (χ3n) is 4.93. The minimum atomic E-state index is -4.40. The Labute approximate surface area is 180 Å². The van der Waals surface area contributed by atoms with Crippen molar-refractivity contribution in [1.29, 1.82) is 0 Å². The molecule has 0 amide bonds. The normalized spacial score (nSPS) is 20.0. The second-order valence-electron chi connectivity index (χ2n) is 7.12. The number of esters is 1. The van der Waals surface area contributed by atoms with E-state index in [1.165, 1.54) is 19.3 Å². The first-order valence-electron chi connectivity index (χ1n) is 10.2. The van der Waals surface area contributed by atoms with Crippen LogP contribution in [0.4, 0.5) is 19.0 Å². The van der Waals surface area contributed by atoms with Crippen LogP contribution in [0.25, 0.3) is 0 Å². The van der Waals surface area contributed by atoms with E-state index in [-0.39, 0.29) is 24.5 Å². The second-order valence-corrected chi connectivity index (χ2v) is 7.12. The predicted octanol–water partition coefficient (Wildman–Crippen LogP) is 4.93. The highest BCUT2D eigenvalue weighted by Crippen LogP contribution is 2.29. The molecule has 1 aliphatic rings. The zero-order valence-corrected chi connectivity index (χ0v) is 18.0. The average molecular weight is 439 g/mol. The summed E-state index contributed by atoms with van der Waals surface area (Å²) in [7, 11) is 0. The molecule has 9 heteroatoms. The summed E-state index contributed by atoms with van der Waals surface area (Å²) >= 11 is 0. The zero-order chi connectivity index (χ0) is 23.0. The lowest BCUT2D eigenvalue weighted by Crippen LogP contribution is -2.33. The Bertz CT molecular complexity index is 850. The molecular formula is C22H28F3N3O3. The Balaban J connectivity index is 1.97. The van der Waals surface area contributed by atoms with Gasteiger partial charge in [0.15, 0.2) is 5.69 Å². The van der Waals surface area contributed by atoms with Crippen molar-refractivity contribution in [1.82, 2.24) is 9.97 Å². The van der Waals surface area contributed by atoms with Gasteiger partial charge < -0.3 is 14.8 Å². The first-order chi connectivity index (χ1) is 14.7. The SMILES string of the molecule is C=C(/C=C\C(=C/C)C(F)(F)F)[C@H]1CCC[C@@H](CNc2ncnc(C(=O)OCC)c2C)O1. The van der Waals surface area contributed by atoms with E-state index >= 15 is 0 Å². The van der Waals surface area contributed by atoms with Gasteiger partial charge in [-0.3, -0.25) is 0 Å². The maximum Gasteiger partial charge on any atom is 0.416 e. The van der Waals surface area contributed by atoms with E-state index in [9.17, 15) is 18.0 Å². The number of aromatic nitrogens is 2. The lowest BCUT2D eigenvalue weighted by atomic mass is 9.98. The van der Waals surface area contributed by atoms with E-state index in [1.807, 2.05) is 0 Å². The van der Waals surface area contributed by atoms with Crippen LogP contribution in [-0.2, 0) is 9.47 Å². The van der Waals surface area contributed by atoms with Gasteiger partial charge in [0, 0.05) is 12.1 Å². The molecule has 2 heterocycles. The monoisotopic (exact) mass is 439 g/mol.